The van der Waals surface area contributed by atoms with E-state index in [0.717, 1.165) is 0 Å². The summed E-state index contributed by atoms with van der Waals surface area (Å²) in [6.07, 6.45) is -3.04. The van der Waals surface area contributed by atoms with Crippen LogP contribution in [0.2, 0.25) is 0 Å². The molecule has 1 aromatic heterocycles. The van der Waals surface area contributed by atoms with Gasteiger partial charge >= 0.3 is 6.18 Å². The Labute approximate surface area is 103 Å². The van der Waals surface area contributed by atoms with Crippen LogP contribution in [-0.2, 0) is 6.18 Å². The quantitative estimate of drug-likeness (QED) is 0.887. The van der Waals surface area contributed by atoms with Crippen LogP contribution < -0.4 is 5.32 Å². The minimum atomic E-state index is -4.35. The van der Waals surface area contributed by atoms with Crippen molar-refractivity contribution in [3.8, 4) is 0 Å². The van der Waals surface area contributed by atoms with E-state index < -0.39 is 11.2 Å². The van der Waals surface area contributed by atoms with Crippen molar-refractivity contribution in [3.05, 3.63) is 16.1 Å². The number of nitrogens with one attached hydrogen (secondary N) is 1. The standard InChI is InChI=1S/C10H16F3N3S/c1-4-14-7(6-16(2)3)8-5-15-9(17-8)10(11,12)13/h5,7,14H,4,6H2,1-3H3. The van der Waals surface area contributed by atoms with E-state index in [1.165, 1.54) is 6.20 Å². The smallest absolute Gasteiger partial charge is 0.308 e. The van der Waals surface area contributed by atoms with Crippen molar-refractivity contribution >= 4 is 11.3 Å². The summed E-state index contributed by atoms with van der Waals surface area (Å²) in [5, 5.41) is 2.37. The lowest BCUT2D eigenvalue weighted by Gasteiger charge is -2.20. The highest BCUT2D eigenvalue weighted by Gasteiger charge is 2.35. The lowest BCUT2D eigenvalue weighted by molar-refractivity contribution is -0.137. The molecule has 0 aromatic carbocycles. The number of aromatic nitrogens is 1. The monoisotopic (exact) mass is 267 g/mol. The van der Waals surface area contributed by atoms with Gasteiger partial charge in [0.25, 0.3) is 0 Å². The van der Waals surface area contributed by atoms with Crippen LogP contribution in [0.1, 0.15) is 22.9 Å². The van der Waals surface area contributed by atoms with Gasteiger partial charge in [0.15, 0.2) is 5.01 Å². The molecule has 0 spiro atoms. The van der Waals surface area contributed by atoms with E-state index in [2.05, 4.69) is 10.3 Å². The molecular formula is C10H16F3N3S. The second kappa shape index (κ2) is 5.79. The largest absolute Gasteiger partial charge is 0.443 e. The van der Waals surface area contributed by atoms with Crippen molar-refractivity contribution in [2.45, 2.75) is 19.1 Å². The molecule has 0 aliphatic carbocycles. The van der Waals surface area contributed by atoms with Gasteiger partial charge in [-0.1, -0.05) is 6.92 Å². The van der Waals surface area contributed by atoms with E-state index in [0.29, 0.717) is 29.3 Å². The summed E-state index contributed by atoms with van der Waals surface area (Å²) in [4.78, 5) is 5.98. The Morgan fingerprint density at radius 3 is 2.53 bits per heavy atom. The Balaban J connectivity index is 2.84. The molecule has 3 nitrogen and oxygen atoms in total. The third-order valence-corrected chi connectivity index (χ3v) is 3.26. The fourth-order valence-electron chi connectivity index (χ4n) is 1.45. The maximum absolute atomic E-state index is 12.4. The molecule has 17 heavy (non-hydrogen) atoms. The van der Waals surface area contributed by atoms with Gasteiger partial charge in [0.05, 0.1) is 6.04 Å². The summed E-state index contributed by atoms with van der Waals surface area (Å²) in [7, 11) is 3.77. The zero-order valence-corrected chi connectivity index (χ0v) is 10.8. The summed E-state index contributed by atoms with van der Waals surface area (Å²) in [5.74, 6) is 0. The number of hydrogen-bond donors (Lipinski definition) is 1. The lowest BCUT2D eigenvalue weighted by atomic mass is 10.2. The Hall–Kier alpha value is -0.660. The third-order valence-electron chi connectivity index (χ3n) is 2.11. The molecule has 0 saturated heterocycles. The second-order valence-electron chi connectivity index (χ2n) is 3.94. The number of halogens is 3. The van der Waals surface area contributed by atoms with Crippen LogP contribution in [0.3, 0.4) is 0 Å². The van der Waals surface area contributed by atoms with Gasteiger partial charge in [-0.05, 0) is 20.6 Å². The van der Waals surface area contributed by atoms with Crippen LogP contribution >= 0.6 is 11.3 Å². The number of nitrogens with zero attached hydrogens (tertiary/aromatic N) is 2. The number of rotatable bonds is 5. The summed E-state index contributed by atoms with van der Waals surface area (Å²) < 4.78 is 37.3. The van der Waals surface area contributed by atoms with Gasteiger partial charge in [0.1, 0.15) is 0 Å². The fourth-order valence-corrected chi connectivity index (χ4v) is 2.30. The Bertz CT molecular complexity index is 349. The second-order valence-corrected chi connectivity index (χ2v) is 5.00. The average Bonchev–Trinajstić information content (AvgIpc) is 2.64. The highest BCUT2D eigenvalue weighted by molar-refractivity contribution is 7.11. The van der Waals surface area contributed by atoms with Crippen LogP contribution in [0.5, 0.6) is 0 Å². The van der Waals surface area contributed by atoms with Crippen LogP contribution in [0.4, 0.5) is 13.2 Å². The summed E-state index contributed by atoms with van der Waals surface area (Å²) in [5.41, 5.74) is 0. The highest BCUT2D eigenvalue weighted by Crippen LogP contribution is 2.34. The molecular weight excluding hydrogens is 251 g/mol. The summed E-state index contributed by atoms with van der Waals surface area (Å²) >= 11 is 0.705. The van der Waals surface area contributed by atoms with E-state index in [9.17, 15) is 13.2 Å². The van der Waals surface area contributed by atoms with E-state index in [1.807, 2.05) is 25.9 Å². The molecule has 0 aliphatic rings. The first-order chi connectivity index (χ1) is 7.84. The molecule has 0 fully saturated rings. The number of thiazole rings is 1. The van der Waals surface area contributed by atoms with Gasteiger partial charge in [-0.25, -0.2) is 4.98 Å². The third kappa shape index (κ3) is 4.25. The highest BCUT2D eigenvalue weighted by atomic mass is 32.1. The zero-order valence-electron chi connectivity index (χ0n) is 10.0. The first-order valence-corrected chi connectivity index (χ1v) is 6.07. The SMILES string of the molecule is CCNC(CN(C)C)c1cnc(C(F)(F)F)s1. The molecule has 1 atom stereocenters. The zero-order chi connectivity index (χ0) is 13.1. The normalized spacial score (nSPS) is 14.3. The Morgan fingerprint density at radius 2 is 2.12 bits per heavy atom. The predicted molar refractivity (Wildman–Crippen MR) is 62.1 cm³/mol. The molecule has 0 saturated carbocycles. The topological polar surface area (TPSA) is 28.2 Å². The maximum Gasteiger partial charge on any atom is 0.443 e. The summed E-state index contributed by atoms with van der Waals surface area (Å²) in [6.45, 7) is 3.28. The van der Waals surface area contributed by atoms with Crippen LogP contribution in [0.25, 0.3) is 0 Å². The van der Waals surface area contributed by atoms with Gasteiger partial charge in [-0.15, -0.1) is 11.3 Å². The predicted octanol–water partition coefficient (Wildman–Crippen LogP) is 2.37. The van der Waals surface area contributed by atoms with Crippen LogP contribution in [0.15, 0.2) is 6.20 Å². The molecule has 1 aromatic rings. The molecule has 0 bridgehead atoms. The first kappa shape index (κ1) is 14.4. The molecule has 1 unspecified atom stereocenters. The lowest BCUT2D eigenvalue weighted by Crippen LogP contribution is -2.30. The average molecular weight is 267 g/mol. The first-order valence-electron chi connectivity index (χ1n) is 5.25. The number of hydrogen-bond acceptors (Lipinski definition) is 4. The van der Waals surface area contributed by atoms with Gasteiger partial charge < -0.3 is 10.2 Å². The van der Waals surface area contributed by atoms with Crippen molar-refractivity contribution in [2.24, 2.45) is 0 Å². The minimum absolute atomic E-state index is 0.108. The van der Waals surface area contributed by atoms with Crippen LogP contribution in [0, 0.1) is 0 Å². The molecule has 7 heteroatoms. The molecule has 1 N–H and O–H groups in total. The van der Waals surface area contributed by atoms with Gasteiger partial charge in [0.2, 0.25) is 0 Å². The number of alkyl halides is 3. The van der Waals surface area contributed by atoms with Crippen molar-refractivity contribution in [2.75, 3.05) is 27.2 Å². The van der Waals surface area contributed by atoms with Gasteiger partial charge in [-0.2, -0.15) is 13.2 Å². The Morgan fingerprint density at radius 1 is 1.47 bits per heavy atom. The van der Waals surface area contributed by atoms with Gasteiger partial charge in [-0.3, -0.25) is 0 Å². The molecule has 0 radical (unpaired) electrons. The van der Waals surface area contributed by atoms with Crippen molar-refractivity contribution in [1.29, 1.82) is 0 Å². The van der Waals surface area contributed by atoms with Crippen molar-refractivity contribution in [3.63, 3.8) is 0 Å². The van der Waals surface area contributed by atoms with E-state index >= 15 is 0 Å². The van der Waals surface area contributed by atoms with E-state index in [1.54, 1.807) is 0 Å². The molecule has 1 rings (SSSR count). The molecule has 0 amide bonds. The van der Waals surface area contributed by atoms with Gasteiger partial charge in [0, 0.05) is 17.6 Å². The van der Waals surface area contributed by atoms with Crippen LogP contribution in [-0.4, -0.2) is 37.1 Å². The maximum atomic E-state index is 12.4. The van der Waals surface area contributed by atoms with Crippen molar-refractivity contribution in [1.82, 2.24) is 15.2 Å². The minimum Gasteiger partial charge on any atom is -0.308 e. The van der Waals surface area contributed by atoms with E-state index in [-0.39, 0.29) is 6.04 Å². The molecule has 0 aliphatic heterocycles. The van der Waals surface area contributed by atoms with E-state index in [4.69, 9.17) is 0 Å². The molecule has 98 valence electrons. The summed E-state index contributed by atoms with van der Waals surface area (Å²) in [6, 6.07) is -0.108. The van der Waals surface area contributed by atoms with Crippen molar-refractivity contribution < 1.29 is 13.2 Å². The molecule has 1 heterocycles. The Kier molecular flexibility index (Phi) is 4.91. The fraction of sp³-hybridized carbons (Fsp3) is 0.700. The number of likely N-dealkylation sites (N-methyl/N-ethyl adjacent to an activating group) is 2.